The van der Waals surface area contributed by atoms with E-state index >= 15 is 0 Å². The van der Waals surface area contributed by atoms with Crippen LogP contribution in [-0.2, 0) is 19.1 Å². The van der Waals surface area contributed by atoms with Crippen LogP contribution in [0.5, 0.6) is 23.7 Å². The van der Waals surface area contributed by atoms with Gasteiger partial charge in [-0.15, -0.1) is 0 Å². The largest absolute Gasteiger partial charge is 0.476 e. The van der Waals surface area contributed by atoms with Crippen LogP contribution in [-0.4, -0.2) is 43.2 Å². The van der Waals surface area contributed by atoms with Gasteiger partial charge in [-0.25, -0.2) is 19.7 Å². The molecule has 0 aliphatic carbocycles. The molecule has 0 aliphatic rings. The second kappa shape index (κ2) is 11.2. The van der Waals surface area contributed by atoms with Crippen LogP contribution in [0.4, 0.5) is 13.2 Å². The maximum Gasteiger partial charge on any atom is 0.433 e. The van der Waals surface area contributed by atoms with Crippen molar-refractivity contribution in [3.63, 3.8) is 0 Å². The molecule has 0 fully saturated rings. The van der Waals surface area contributed by atoms with Crippen molar-refractivity contribution >= 4 is 11.6 Å². The summed E-state index contributed by atoms with van der Waals surface area (Å²) >= 11 is 6.24. The van der Waals surface area contributed by atoms with Crippen molar-refractivity contribution < 1.29 is 27.4 Å². The number of methoxy groups -OCH3 is 1. The van der Waals surface area contributed by atoms with Gasteiger partial charge in [-0.05, 0) is 23.8 Å². The number of ether oxygens (including phenoxy) is 3. The maximum atomic E-state index is 12.8. The number of alkyl halides is 3. The molecule has 0 saturated carbocycles. The lowest BCUT2D eigenvalue weighted by molar-refractivity contribution is -0.141. The van der Waals surface area contributed by atoms with E-state index in [0.717, 1.165) is 17.8 Å². The van der Waals surface area contributed by atoms with Gasteiger partial charge in [0.15, 0.2) is 5.69 Å². The average Bonchev–Trinajstić information content (AvgIpc) is 2.88. The molecule has 0 saturated heterocycles. The fourth-order valence-corrected chi connectivity index (χ4v) is 3.25. The SMILES string of the molecule is COc1ncc(Cn2cc(Cl)c(OCCc3ccc(Oc4nccc(C(F)(F)F)n4)cc3)nc2=O)cn1. The van der Waals surface area contributed by atoms with Crippen molar-refractivity contribution in [1.29, 1.82) is 0 Å². The average molecular weight is 535 g/mol. The first-order valence-corrected chi connectivity index (χ1v) is 11.0. The number of benzene rings is 1. The lowest BCUT2D eigenvalue weighted by atomic mass is 10.1. The second-order valence-electron chi connectivity index (χ2n) is 7.45. The maximum absolute atomic E-state index is 12.8. The molecule has 0 radical (unpaired) electrons. The monoisotopic (exact) mass is 534 g/mol. The first-order valence-electron chi connectivity index (χ1n) is 10.6. The zero-order valence-electron chi connectivity index (χ0n) is 19.1. The molecule has 0 spiro atoms. The molecule has 3 heterocycles. The molecule has 0 N–H and O–H groups in total. The Morgan fingerprint density at radius 1 is 0.973 bits per heavy atom. The summed E-state index contributed by atoms with van der Waals surface area (Å²) in [6, 6.07) is 7.09. The molecule has 3 aromatic heterocycles. The highest BCUT2D eigenvalue weighted by Crippen LogP contribution is 2.29. The standard InChI is InChI=1S/C23H18ClF3N6O4/c1-35-20-29-10-15(11-30-20)12-33-13-17(24)19(32-22(33)34)36-9-7-14-2-4-16(5-3-14)37-21-28-8-6-18(31-21)23(25,26)27/h2-6,8,10-11,13H,7,9,12H2,1H3. The molecule has 0 atom stereocenters. The smallest absolute Gasteiger partial charge is 0.433 e. The van der Waals surface area contributed by atoms with E-state index in [4.69, 9.17) is 25.8 Å². The van der Waals surface area contributed by atoms with Crippen molar-refractivity contribution in [2.45, 2.75) is 19.1 Å². The predicted molar refractivity (Wildman–Crippen MR) is 124 cm³/mol. The van der Waals surface area contributed by atoms with Gasteiger partial charge in [0.05, 0.1) is 20.3 Å². The van der Waals surface area contributed by atoms with E-state index in [1.54, 1.807) is 24.3 Å². The zero-order chi connectivity index (χ0) is 26.4. The summed E-state index contributed by atoms with van der Waals surface area (Å²) in [5.41, 5.74) is -0.169. The van der Waals surface area contributed by atoms with Crippen molar-refractivity contribution in [2.24, 2.45) is 0 Å². The topological polar surface area (TPSA) is 114 Å². The minimum Gasteiger partial charge on any atom is -0.476 e. The molecular formula is C23H18ClF3N6O4. The van der Waals surface area contributed by atoms with Crippen molar-refractivity contribution in [3.8, 4) is 23.7 Å². The van der Waals surface area contributed by atoms with Crippen LogP contribution in [0.15, 0.2) is 59.9 Å². The highest BCUT2D eigenvalue weighted by atomic mass is 35.5. The summed E-state index contributed by atoms with van der Waals surface area (Å²) in [5, 5.41) is 0.152. The Hall–Kier alpha value is -4.26. The fraction of sp³-hybridized carbons (Fsp3) is 0.217. The summed E-state index contributed by atoms with van der Waals surface area (Å²) in [6.07, 6.45) is 1.28. The van der Waals surface area contributed by atoms with Crippen molar-refractivity contribution in [1.82, 2.24) is 29.5 Å². The summed E-state index contributed by atoms with van der Waals surface area (Å²) in [7, 11) is 1.45. The molecule has 0 unspecified atom stereocenters. The molecule has 0 aliphatic heterocycles. The highest BCUT2D eigenvalue weighted by molar-refractivity contribution is 6.31. The number of halogens is 4. The van der Waals surface area contributed by atoms with Crippen LogP contribution >= 0.6 is 11.6 Å². The van der Waals surface area contributed by atoms with E-state index in [1.807, 2.05) is 0 Å². The molecule has 1 aromatic carbocycles. The van der Waals surface area contributed by atoms with Gasteiger partial charge in [-0.2, -0.15) is 23.1 Å². The van der Waals surface area contributed by atoms with Crippen molar-refractivity contribution in [2.75, 3.05) is 13.7 Å². The minimum atomic E-state index is -4.60. The Morgan fingerprint density at radius 2 is 1.70 bits per heavy atom. The van der Waals surface area contributed by atoms with Gasteiger partial charge in [0.2, 0.25) is 5.88 Å². The van der Waals surface area contributed by atoms with E-state index < -0.39 is 23.6 Å². The van der Waals surface area contributed by atoms with Crippen LogP contribution in [0.2, 0.25) is 5.02 Å². The lowest BCUT2D eigenvalue weighted by Gasteiger charge is -2.10. The third kappa shape index (κ3) is 6.91. The predicted octanol–water partition coefficient (Wildman–Crippen LogP) is 3.97. The quantitative estimate of drug-likeness (QED) is 0.314. The number of aromatic nitrogens is 6. The van der Waals surface area contributed by atoms with Gasteiger partial charge in [-0.1, -0.05) is 23.7 Å². The molecule has 192 valence electrons. The summed E-state index contributed by atoms with van der Waals surface area (Å²) in [6.45, 7) is 0.329. The molecule has 14 heteroatoms. The molecular weight excluding hydrogens is 517 g/mol. The molecule has 37 heavy (non-hydrogen) atoms. The first kappa shape index (κ1) is 25.8. The van der Waals surface area contributed by atoms with Gasteiger partial charge in [0.25, 0.3) is 0 Å². The van der Waals surface area contributed by atoms with Crippen LogP contribution in [0, 0.1) is 0 Å². The van der Waals surface area contributed by atoms with Crippen LogP contribution in [0.3, 0.4) is 0 Å². The molecule has 0 bridgehead atoms. The third-order valence-electron chi connectivity index (χ3n) is 4.82. The Bertz CT molecular complexity index is 1420. The van der Waals surface area contributed by atoms with E-state index in [0.29, 0.717) is 12.0 Å². The Kier molecular flexibility index (Phi) is 7.82. The van der Waals surface area contributed by atoms with Gasteiger partial charge in [0.1, 0.15) is 10.8 Å². The minimum absolute atomic E-state index is 0.00412. The van der Waals surface area contributed by atoms with E-state index in [1.165, 1.54) is 30.3 Å². The van der Waals surface area contributed by atoms with Crippen molar-refractivity contribution in [3.05, 3.63) is 87.4 Å². The molecule has 10 nitrogen and oxygen atoms in total. The zero-order valence-corrected chi connectivity index (χ0v) is 19.9. The fourth-order valence-electron chi connectivity index (χ4n) is 3.04. The third-order valence-corrected chi connectivity index (χ3v) is 5.08. The van der Waals surface area contributed by atoms with Gasteiger partial charge < -0.3 is 14.2 Å². The summed E-state index contributed by atoms with van der Waals surface area (Å²) < 4.78 is 55.4. The lowest BCUT2D eigenvalue weighted by Crippen LogP contribution is -2.24. The van der Waals surface area contributed by atoms with E-state index in [2.05, 4.69) is 24.9 Å². The second-order valence-corrected chi connectivity index (χ2v) is 7.86. The van der Waals surface area contributed by atoms with Crippen LogP contribution in [0.1, 0.15) is 16.8 Å². The molecule has 4 aromatic rings. The Balaban J connectivity index is 1.32. The van der Waals surface area contributed by atoms with Crippen LogP contribution in [0.25, 0.3) is 0 Å². The van der Waals surface area contributed by atoms with Gasteiger partial charge >= 0.3 is 23.9 Å². The first-order chi connectivity index (χ1) is 17.7. The molecule has 4 rings (SSSR count). The number of nitrogens with zero attached hydrogens (tertiary/aromatic N) is 6. The van der Waals surface area contributed by atoms with Gasteiger partial charge in [0, 0.05) is 36.8 Å². The summed E-state index contributed by atoms with van der Waals surface area (Å²) in [5.74, 6) is 0.259. The number of hydrogen-bond donors (Lipinski definition) is 0. The Labute approximate surface area is 212 Å². The normalized spacial score (nSPS) is 11.3. The van der Waals surface area contributed by atoms with Gasteiger partial charge in [-0.3, -0.25) is 4.57 Å². The van der Waals surface area contributed by atoms with E-state index in [9.17, 15) is 18.0 Å². The van der Waals surface area contributed by atoms with Crippen LogP contribution < -0.4 is 19.9 Å². The number of hydrogen-bond acceptors (Lipinski definition) is 9. The Morgan fingerprint density at radius 3 is 2.38 bits per heavy atom. The summed E-state index contributed by atoms with van der Waals surface area (Å²) in [4.78, 5) is 31.3. The number of rotatable bonds is 9. The molecule has 0 amide bonds. The highest BCUT2D eigenvalue weighted by Gasteiger charge is 2.33. The van der Waals surface area contributed by atoms with E-state index in [-0.39, 0.29) is 35.8 Å².